The molecule has 0 aliphatic carbocycles. The van der Waals surface area contributed by atoms with Gasteiger partial charge in [0.15, 0.2) is 6.10 Å². The van der Waals surface area contributed by atoms with E-state index in [1.807, 2.05) is 0 Å². The number of hydrogen-bond donors (Lipinski definition) is 1. The second-order valence-corrected chi connectivity index (χ2v) is 6.05. The van der Waals surface area contributed by atoms with Crippen LogP contribution in [-0.4, -0.2) is 50.2 Å². The molecule has 2 rings (SSSR count). The monoisotopic (exact) mass is 402 g/mol. The Kier molecular flexibility index (Phi) is 7.67. The van der Waals surface area contributed by atoms with E-state index < -0.39 is 22.8 Å². The van der Waals surface area contributed by atoms with Crippen LogP contribution >= 0.6 is 0 Å². The van der Waals surface area contributed by atoms with Crippen molar-refractivity contribution in [1.82, 2.24) is 0 Å². The topological polar surface area (TPSA) is 117 Å². The molecule has 9 heteroatoms. The number of ketones is 1. The summed E-state index contributed by atoms with van der Waals surface area (Å²) in [6.45, 7) is 2.20. The number of nitrogens with zero attached hydrogens (tertiary/aromatic N) is 1. The molecule has 2 aromatic rings. The third-order valence-electron chi connectivity index (χ3n) is 4.08. The maximum absolute atomic E-state index is 12.6. The normalized spacial score (nSPS) is 11.4. The van der Waals surface area contributed by atoms with Gasteiger partial charge >= 0.3 is 5.97 Å². The van der Waals surface area contributed by atoms with Crippen molar-refractivity contribution >= 4 is 23.1 Å². The zero-order valence-corrected chi connectivity index (χ0v) is 16.3. The first-order chi connectivity index (χ1) is 13.9. The van der Waals surface area contributed by atoms with Crippen LogP contribution < -0.4 is 10.1 Å². The van der Waals surface area contributed by atoms with Crippen LogP contribution in [0.2, 0.25) is 0 Å². The molecule has 1 atom stereocenters. The fourth-order valence-corrected chi connectivity index (χ4v) is 2.52. The summed E-state index contributed by atoms with van der Waals surface area (Å²) in [7, 11) is 3.04. The molecule has 0 aliphatic rings. The van der Waals surface area contributed by atoms with Crippen LogP contribution in [0.5, 0.6) is 5.75 Å². The molecule has 1 N–H and O–H groups in total. The van der Waals surface area contributed by atoms with Crippen LogP contribution in [0.4, 0.5) is 11.4 Å². The van der Waals surface area contributed by atoms with Crippen molar-refractivity contribution in [2.45, 2.75) is 13.0 Å². The average molecular weight is 402 g/mol. The Hall–Kier alpha value is -3.46. The van der Waals surface area contributed by atoms with Crippen LogP contribution in [-0.2, 0) is 9.47 Å². The van der Waals surface area contributed by atoms with Crippen LogP contribution in [0.1, 0.15) is 27.6 Å². The van der Waals surface area contributed by atoms with Crippen molar-refractivity contribution in [2.24, 2.45) is 0 Å². The minimum Gasteiger partial charge on any atom is -0.497 e. The van der Waals surface area contributed by atoms with Crippen LogP contribution in [0.15, 0.2) is 42.5 Å². The molecule has 154 valence electrons. The van der Waals surface area contributed by atoms with Crippen molar-refractivity contribution in [3.8, 4) is 5.75 Å². The number of esters is 1. The van der Waals surface area contributed by atoms with Gasteiger partial charge in [0.25, 0.3) is 5.69 Å². The fraction of sp³-hybridized carbons (Fsp3) is 0.300. The number of methoxy groups -OCH3 is 2. The Balaban J connectivity index is 2.19. The lowest BCUT2D eigenvalue weighted by molar-refractivity contribution is -0.384. The van der Waals surface area contributed by atoms with Gasteiger partial charge in [0.1, 0.15) is 5.75 Å². The maximum Gasteiger partial charge on any atom is 0.341 e. The predicted octanol–water partition coefficient (Wildman–Crippen LogP) is 3.09. The van der Waals surface area contributed by atoms with Gasteiger partial charge in [0.05, 0.1) is 24.2 Å². The Labute approximate surface area is 167 Å². The van der Waals surface area contributed by atoms with Crippen molar-refractivity contribution in [3.63, 3.8) is 0 Å². The molecule has 0 amide bonds. The van der Waals surface area contributed by atoms with Gasteiger partial charge in [-0.2, -0.15) is 0 Å². The number of rotatable bonds is 10. The summed E-state index contributed by atoms with van der Waals surface area (Å²) < 4.78 is 15.3. The van der Waals surface area contributed by atoms with E-state index in [1.165, 1.54) is 33.3 Å². The van der Waals surface area contributed by atoms with Crippen molar-refractivity contribution in [2.75, 3.05) is 32.7 Å². The number of carbonyl (C=O) groups excluding carboxylic acids is 2. The summed E-state index contributed by atoms with van der Waals surface area (Å²) in [5.41, 5.74) is 0.401. The highest BCUT2D eigenvalue weighted by Gasteiger charge is 2.24. The molecule has 0 bridgehead atoms. The number of Topliss-reactive ketones (excluding diaryl/α,β-unsaturated/α-hetero) is 1. The molecule has 0 unspecified atom stereocenters. The summed E-state index contributed by atoms with van der Waals surface area (Å²) in [5.74, 6) is -0.655. The van der Waals surface area contributed by atoms with E-state index in [0.717, 1.165) is 6.07 Å². The highest BCUT2D eigenvalue weighted by atomic mass is 16.6. The first-order valence-corrected chi connectivity index (χ1v) is 8.78. The van der Waals surface area contributed by atoms with Crippen molar-refractivity contribution < 1.29 is 28.7 Å². The molecule has 0 saturated heterocycles. The number of nitro groups is 1. The van der Waals surface area contributed by atoms with E-state index in [9.17, 15) is 19.7 Å². The predicted molar refractivity (Wildman–Crippen MR) is 106 cm³/mol. The molecule has 0 aliphatic heterocycles. The molecular weight excluding hydrogens is 380 g/mol. The van der Waals surface area contributed by atoms with Gasteiger partial charge in [-0.3, -0.25) is 14.9 Å². The lowest BCUT2D eigenvalue weighted by Crippen LogP contribution is -2.25. The minimum atomic E-state index is -1.08. The molecule has 9 nitrogen and oxygen atoms in total. The first kappa shape index (κ1) is 21.8. The maximum atomic E-state index is 12.6. The molecule has 0 saturated carbocycles. The smallest absolute Gasteiger partial charge is 0.341 e. The van der Waals surface area contributed by atoms with Gasteiger partial charge in [-0.1, -0.05) is 0 Å². The highest BCUT2D eigenvalue weighted by molar-refractivity contribution is 6.02. The summed E-state index contributed by atoms with van der Waals surface area (Å²) in [4.78, 5) is 35.6. The van der Waals surface area contributed by atoms with Gasteiger partial charge in [0, 0.05) is 37.0 Å². The van der Waals surface area contributed by atoms with Crippen molar-refractivity contribution in [3.05, 3.63) is 63.7 Å². The number of carbonyl (C=O) groups is 2. The average Bonchev–Trinajstić information content (AvgIpc) is 2.73. The van der Waals surface area contributed by atoms with Gasteiger partial charge in [0.2, 0.25) is 5.78 Å². The largest absolute Gasteiger partial charge is 0.497 e. The van der Waals surface area contributed by atoms with E-state index in [2.05, 4.69) is 5.32 Å². The lowest BCUT2D eigenvalue weighted by Gasteiger charge is -2.15. The fourth-order valence-electron chi connectivity index (χ4n) is 2.52. The number of benzene rings is 2. The molecular formula is C20H22N2O7. The molecule has 2 aromatic carbocycles. The molecule has 0 fully saturated rings. The number of hydrogen-bond acceptors (Lipinski definition) is 8. The SMILES string of the molecule is COCCNc1ccc([N+](=O)[O-])cc1C(=O)O[C@@H](C)C(=O)c1ccc(OC)cc1. The highest BCUT2D eigenvalue weighted by Crippen LogP contribution is 2.24. The number of nitrogens with one attached hydrogen (secondary N) is 1. The molecule has 29 heavy (non-hydrogen) atoms. The molecule has 0 spiro atoms. The number of non-ortho nitro benzene ring substituents is 1. The van der Waals surface area contributed by atoms with E-state index in [1.54, 1.807) is 24.3 Å². The second-order valence-electron chi connectivity index (χ2n) is 6.05. The standard InChI is InChI=1S/C20H22N2O7/c1-13(19(23)14-4-7-16(28-3)8-5-14)29-20(24)17-12-15(22(25)26)6-9-18(17)21-10-11-27-2/h4-9,12-13,21H,10-11H2,1-3H3/t13-/m0/s1. The summed E-state index contributed by atoms with van der Waals surface area (Å²) in [6.07, 6.45) is -1.08. The van der Waals surface area contributed by atoms with Gasteiger partial charge in [-0.25, -0.2) is 4.79 Å². The Morgan fingerprint density at radius 1 is 1.14 bits per heavy atom. The van der Waals surface area contributed by atoms with Gasteiger partial charge < -0.3 is 19.5 Å². The Morgan fingerprint density at radius 2 is 1.83 bits per heavy atom. The molecule has 0 heterocycles. The van der Waals surface area contributed by atoms with Crippen LogP contribution in [0.3, 0.4) is 0 Å². The van der Waals surface area contributed by atoms with E-state index in [-0.39, 0.29) is 11.3 Å². The van der Waals surface area contributed by atoms with Crippen LogP contribution in [0.25, 0.3) is 0 Å². The van der Waals surface area contributed by atoms with Crippen molar-refractivity contribution in [1.29, 1.82) is 0 Å². The summed E-state index contributed by atoms with van der Waals surface area (Å²) >= 11 is 0. The summed E-state index contributed by atoms with van der Waals surface area (Å²) in [6, 6.07) is 10.2. The summed E-state index contributed by atoms with van der Waals surface area (Å²) in [5, 5.41) is 14.0. The lowest BCUT2D eigenvalue weighted by atomic mass is 10.1. The van der Waals surface area contributed by atoms with E-state index >= 15 is 0 Å². The Bertz CT molecular complexity index is 881. The number of nitro benzene ring substituents is 1. The van der Waals surface area contributed by atoms with Gasteiger partial charge in [-0.05, 0) is 37.3 Å². The van der Waals surface area contributed by atoms with E-state index in [4.69, 9.17) is 14.2 Å². The second kappa shape index (κ2) is 10.2. The number of anilines is 1. The zero-order valence-electron chi connectivity index (χ0n) is 16.3. The van der Waals surface area contributed by atoms with E-state index in [0.29, 0.717) is 30.2 Å². The quantitative estimate of drug-likeness (QED) is 0.212. The number of ether oxygens (including phenoxy) is 3. The molecule has 0 radical (unpaired) electrons. The Morgan fingerprint density at radius 3 is 2.41 bits per heavy atom. The third-order valence-corrected chi connectivity index (χ3v) is 4.08. The van der Waals surface area contributed by atoms with Crippen LogP contribution in [0, 0.1) is 10.1 Å². The zero-order chi connectivity index (χ0) is 21.4. The third kappa shape index (κ3) is 5.76. The van der Waals surface area contributed by atoms with Gasteiger partial charge in [-0.15, -0.1) is 0 Å². The first-order valence-electron chi connectivity index (χ1n) is 8.78. The minimum absolute atomic E-state index is 0.0373. The molecule has 0 aromatic heterocycles.